The lowest BCUT2D eigenvalue weighted by Crippen LogP contribution is -2.08. The van der Waals surface area contributed by atoms with Crippen LogP contribution >= 0.6 is 0 Å². The maximum absolute atomic E-state index is 5.25. The number of H-pyrrole nitrogens is 1. The number of aromatic amines is 1. The van der Waals surface area contributed by atoms with Crippen LogP contribution in [0.2, 0.25) is 0 Å². The molecule has 2 atom stereocenters. The Balaban J connectivity index is 1.88. The van der Waals surface area contributed by atoms with E-state index < -0.39 is 0 Å². The summed E-state index contributed by atoms with van der Waals surface area (Å²) >= 11 is 0. The molecule has 0 radical (unpaired) electrons. The van der Waals surface area contributed by atoms with E-state index in [1.807, 2.05) is 0 Å². The first-order chi connectivity index (χ1) is 7.84. The van der Waals surface area contributed by atoms with E-state index in [4.69, 9.17) is 4.52 Å². The molecule has 84 valence electrons. The number of rotatable bonds is 2. The average Bonchev–Trinajstić information content (AvgIpc) is 2.96. The van der Waals surface area contributed by atoms with Crippen LogP contribution in [0.4, 0.5) is 0 Å². The largest absolute Gasteiger partial charge is 0.338 e. The minimum absolute atomic E-state index is 0.296. The molecule has 0 unspecified atom stereocenters. The number of hydrogen-bond acceptors (Lipinski definition) is 6. The predicted molar refractivity (Wildman–Crippen MR) is 54.4 cm³/mol. The number of nitrogens with one attached hydrogen (secondary N) is 2. The highest BCUT2D eigenvalue weighted by molar-refractivity contribution is 5.39. The first kappa shape index (κ1) is 9.46. The molecule has 3 heterocycles. The standard InChI is InChI=1S/C9H12N6O/c1-5-2-10-3-6(5)9-13-8(15-16-9)7-11-4-12-14-7/h4-6,10H,2-3H2,1H3,(H,11,12,14)/t5-,6-/m1/s1. The Morgan fingerprint density at radius 3 is 3.06 bits per heavy atom. The van der Waals surface area contributed by atoms with Gasteiger partial charge in [0.1, 0.15) is 6.33 Å². The van der Waals surface area contributed by atoms with Crippen LogP contribution in [0, 0.1) is 5.92 Å². The third-order valence-electron chi connectivity index (χ3n) is 2.90. The van der Waals surface area contributed by atoms with E-state index in [1.54, 1.807) is 0 Å². The zero-order chi connectivity index (χ0) is 11.0. The van der Waals surface area contributed by atoms with Gasteiger partial charge in [0, 0.05) is 6.54 Å². The lowest BCUT2D eigenvalue weighted by molar-refractivity contribution is 0.340. The molecule has 1 fully saturated rings. The SMILES string of the molecule is C[C@@H]1CNC[C@H]1c1nc(-c2ncn[nH]2)no1. The molecule has 1 saturated heterocycles. The zero-order valence-electron chi connectivity index (χ0n) is 8.84. The van der Waals surface area contributed by atoms with Crippen molar-refractivity contribution in [2.75, 3.05) is 13.1 Å². The van der Waals surface area contributed by atoms with E-state index in [2.05, 4.69) is 37.6 Å². The van der Waals surface area contributed by atoms with Crippen molar-refractivity contribution in [3.8, 4) is 11.6 Å². The van der Waals surface area contributed by atoms with E-state index in [1.165, 1.54) is 6.33 Å². The normalized spacial score (nSPS) is 25.1. The number of aromatic nitrogens is 5. The topological polar surface area (TPSA) is 92.5 Å². The predicted octanol–water partition coefficient (Wildman–Crippen LogP) is 0.178. The van der Waals surface area contributed by atoms with Crippen LogP contribution in [-0.2, 0) is 0 Å². The molecule has 0 aliphatic carbocycles. The summed E-state index contributed by atoms with van der Waals surface area (Å²) in [5, 5.41) is 13.6. The molecule has 0 aromatic carbocycles. The lowest BCUT2D eigenvalue weighted by atomic mass is 9.98. The Morgan fingerprint density at radius 1 is 1.44 bits per heavy atom. The van der Waals surface area contributed by atoms with Crippen molar-refractivity contribution in [1.29, 1.82) is 0 Å². The van der Waals surface area contributed by atoms with Crippen LogP contribution in [0.15, 0.2) is 10.9 Å². The van der Waals surface area contributed by atoms with Gasteiger partial charge in [0.2, 0.25) is 11.7 Å². The average molecular weight is 220 g/mol. The number of nitrogens with zero attached hydrogens (tertiary/aromatic N) is 4. The van der Waals surface area contributed by atoms with E-state index in [9.17, 15) is 0 Å². The fraction of sp³-hybridized carbons (Fsp3) is 0.556. The van der Waals surface area contributed by atoms with Crippen LogP contribution in [0.5, 0.6) is 0 Å². The maximum atomic E-state index is 5.25. The highest BCUT2D eigenvalue weighted by Gasteiger charge is 2.29. The van der Waals surface area contributed by atoms with Gasteiger partial charge in [0.05, 0.1) is 5.92 Å². The monoisotopic (exact) mass is 220 g/mol. The fourth-order valence-electron chi connectivity index (χ4n) is 1.94. The first-order valence-electron chi connectivity index (χ1n) is 5.24. The van der Waals surface area contributed by atoms with E-state index >= 15 is 0 Å². The molecule has 2 aromatic heterocycles. The van der Waals surface area contributed by atoms with Crippen LogP contribution in [0.1, 0.15) is 18.7 Å². The molecule has 0 bridgehead atoms. The lowest BCUT2D eigenvalue weighted by Gasteiger charge is -2.06. The van der Waals surface area contributed by atoms with Crippen molar-refractivity contribution in [2.45, 2.75) is 12.8 Å². The Bertz CT molecular complexity index is 464. The molecular weight excluding hydrogens is 208 g/mol. The van der Waals surface area contributed by atoms with E-state index in [0.29, 0.717) is 29.4 Å². The Kier molecular flexibility index (Phi) is 2.17. The minimum atomic E-state index is 0.296. The Morgan fingerprint density at radius 2 is 2.38 bits per heavy atom. The highest BCUT2D eigenvalue weighted by atomic mass is 16.5. The Labute approximate surface area is 91.7 Å². The van der Waals surface area contributed by atoms with E-state index in [-0.39, 0.29) is 0 Å². The van der Waals surface area contributed by atoms with Gasteiger partial charge in [-0.15, -0.1) is 0 Å². The van der Waals surface area contributed by atoms with Crippen LogP contribution in [0.25, 0.3) is 11.6 Å². The second-order valence-electron chi connectivity index (χ2n) is 4.03. The second kappa shape index (κ2) is 3.67. The van der Waals surface area contributed by atoms with Gasteiger partial charge in [0.15, 0.2) is 5.82 Å². The summed E-state index contributed by atoms with van der Waals surface area (Å²) in [4.78, 5) is 8.31. The molecule has 0 amide bonds. The molecule has 0 spiro atoms. The summed E-state index contributed by atoms with van der Waals surface area (Å²) in [6.07, 6.45) is 1.42. The molecule has 7 heteroatoms. The van der Waals surface area contributed by atoms with Crippen molar-refractivity contribution in [3.63, 3.8) is 0 Å². The third-order valence-corrected chi connectivity index (χ3v) is 2.90. The quantitative estimate of drug-likeness (QED) is 0.749. The molecule has 16 heavy (non-hydrogen) atoms. The molecule has 7 nitrogen and oxygen atoms in total. The minimum Gasteiger partial charge on any atom is -0.338 e. The molecule has 2 aromatic rings. The van der Waals surface area contributed by atoms with Gasteiger partial charge in [-0.2, -0.15) is 10.1 Å². The van der Waals surface area contributed by atoms with Crippen LogP contribution < -0.4 is 5.32 Å². The van der Waals surface area contributed by atoms with Gasteiger partial charge in [-0.3, -0.25) is 5.10 Å². The van der Waals surface area contributed by atoms with Gasteiger partial charge in [-0.05, 0) is 12.5 Å². The zero-order valence-corrected chi connectivity index (χ0v) is 8.84. The van der Waals surface area contributed by atoms with Gasteiger partial charge in [-0.1, -0.05) is 12.1 Å². The molecular formula is C9H12N6O. The van der Waals surface area contributed by atoms with Crippen molar-refractivity contribution in [2.24, 2.45) is 5.92 Å². The molecule has 1 aliphatic heterocycles. The summed E-state index contributed by atoms with van der Waals surface area (Å²) in [5.74, 6) is 2.48. The summed E-state index contributed by atoms with van der Waals surface area (Å²) in [7, 11) is 0. The van der Waals surface area contributed by atoms with E-state index in [0.717, 1.165) is 13.1 Å². The number of hydrogen-bond donors (Lipinski definition) is 2. The highest BCUT2D eigenvalue weighted by Crippen LogP contribution is 2.27. The summed E-state index contributed by atoms with van der Waals surface area (Å²) < 4.78 is 5.25. The smallest absolute Gasteiger partial charge is 0.239 e. The molecule has 1 aliphatic rings. The second-order valence-corrected chi connectivity index (χ2v) is 4.03. The van der Waals surface area contributed by atoms with Crippen LogP contribution in [-0.4, -0.2) is 38.4 Å². The van der Waals surface area contributed by atoms with Crippen molar-refractivity contribution < 1.29 is 4.52 Å². The molecule has 2 N–H and O–H groups in total. The first-order valence-corrected chi connectivity index (χ1v) is 5.24. The van der Waals surface area contributed by atoms with Gasteiger partial charge in [0.25, 0.3) is 0 Å². The van der Waals surface area contributed by atoms with Crippen molar-refractivity contribution in [1.82, 2.24) is 30.6 Å². The third kappa shape index (κ3) is 1.49. The Hall–Kier alpha value is -1.76. The van der Waals surface area contributed by atoms with Crippen molar-refractivity contribution in [3.05, 3.63) is 12.2 Å². The van der Waals surface area contributed by atoms with Gasteiger partial charge in [-0.25, -0.2) is 4.98 Å². The van der Waals surface area contributed by atoms with Gasteiger partial charge >= 0.3 is 0 Å². The summed E-state index contributed by atoms with van der Waals surface area (Å²) in [6.45, 7) is 4.05. The summed E-state index contributed by atoms with van der Waals surface area (Å²) in [6, 6.07) is 0. The fourth-order valence-corrected chi connectivity index (χ4v) is 1.94. The van der Waals surface area contributed by atoms with Gasteiger partial charge < -0.3 is 9.84 Å². The van der Waals surface area contributed by atoms with Crippen LogP contribution in [0.3, 0.4) is 0 Å². The summed E-state index contributed by atoms with van der Waals surface area (Å²) in [5.41, 5.74) is 0. The maximum Gasteiger partial charge on any atom is 0.239 e. The molecule has 3 rings (SSSR count). The molecule has 0 saturated carbocycles. The van der Waals surface area contributed by atoms with Crippen molar-refractivity contribution >= 4 is 0 Å².